The van der Waals surface area contributed by atoms with E-state index in [1.807, 2.05) is 28.8 Å². The molecule has 3 rings (SSSR count). The Bertz CT molecular complexity index is 1020. The maximum absolute atomic E-state index is 12.4. The lowest BCUT2D eigenvalue weighted by Gasteiger charge is -2.11. The first-order valence-electron chi connectivity index (χ1n) is 7.66. The smallest absolute Gasteiger partial charge is 0.338 e. The van der Waals surface area contributed by atoms with Crippen LogP contribution in [0.4, 0.5) is 0 Å². The molecule has 2 heterocycles. The number of hydrogen-bond acceptors (Lipinski definition) is 5. The molecule has 1 aromatic carbocycles. The summed E-state index contributed by atoms with van der Waals surface area (Å²) in [4.78, 5) is 12.4. The van der Waals surface area contributed by atoms with Crippen molar-refractivity contribution >= 4 is 23.1 Å². The van der Waals surface area contributed by atoms with Crippen molar-refractivity contribution in [2.45, 2.75) is 6.61 Å². The van der Waals surface area contributed by atoms with Crippen molar-refractivity contribution in [2.24, 2.45) is 0 Å². The highest BCUT2D eigenvalue weighted by Crippen LogP contribution is 2.36. The van der Waals surface area contributed by atoms with Gasteiger partial charge in [-0.3, -0.25) is 0 Å². The molecule has 0 aliphatic carbocycles. The average Bonchev–Trinajstić information content (AvgIpc) is 3.02. The third-order valence-corrected chi connectivity index (χ3v) is 4.18. The van der Waals surface area contributed by atoms with Crippen LogP contribution in [0.5, 0.6) is 11.5 Å². The van der Waals surface area contributed by atoms with E-state index in [9.17, 15) is 10.1 Å². The predicted molar refractivity (Wildman–Crippen MR) is 95.8 cm³/mol. The van der Waals surface area contributed by atoms with E-state index in [0.29, 0.717) is 22.6 Å². The van der Waals surface area contributed by atoms with Gasteiger partial charge in [-0.15, -0.1) is 0 Å². The molecule has 0 saturated heterocycles. The Kier molecular flexibility index (Phi) is 5.01. The highest BCUT2D eigenvalue weighted by Gasteiger charge is 2.17. The van der Waals surface area contributed by atoms with Crippen molar-refractivity contribution in [3.8, 4) is 17.6 Å². The standard InChI is InChI=1S/C19H15ClN2O4/c1-24-17-8-12(7-15(20)18(17)25-2)19(23)26-11-13-10-22-6-4-3-5-16(22)14(13)9-21/h3-8,10H,11H2,1-2H3. The van der Waals surface area contributed by atoms with Crippen LogP contribution >= 0.6 is 11.6 Å². The van der Waals surface area contributed by atoms with Gasteiger partial charge in [0.2, 0.25) is 0 Å². The number of rotatable bonds is 5. The third-order valence-electron chi connectivity index (χ3n) is 3.90. The van der Waals surface area contributed by atoms with Gasteiger partial charge in [0.15, 0.2) is 11.5 Å². The molecule has 0 fully saturated rings. The van der Waals surface area contributed by atoms with E-state index in [4.69, 9.17) is 25.8 Å². The van der Waals surface area contributed by atoms with Crippen LogP contribution in [0.1, 0.15) is 21.5 Å². The summed E-state index contributed by atoms with van der Waals surface area (Å²) in [7, 11) is 2.91. The Balaban J connectivity index is 1.84. The monoisotopic (exact) mass is 370 g/mol. The number of esters is 1. The number of fused-ring (bicyclic) bond motifs is 1. The molecule has 0 aliphatic heterocycles. The van der Waals surface area contributed by atoms with Crippen molar-refractivity contribution in [3.05, 3.63) is 64.4 Å². The highest BCUT2D eigenvalue weighted by atomic mass is 35.5. The second kappa shape index (κ2) is 7.38. The number of carbonyl (C=O) groups excluding carboxylic acids is 1. The van der Waals surface area contributed by atoms with E-state index >= 15 is 0 Å². The fourth-order valence-corrected chi connectivity index (χ4v) is 2.97. The van der Waals surface area contributed by atoms with Crippen LogP contribution < -0.4 is 9.47 Å². The molecule has 0 aliphatic rings. The highest BCUT2D eigenvalue weighted by molar-refractivity contribution is 6.32. The van der Waals surface area contributed by atoms with Gasteiger partial charge in [0.25, 0.3) is 0 Å². The Morgan fingerprint density at radius 2 is 2.08 bits per heavy atom. The molecule has 6 nitrogen and oxygen atoms in total. The van der Waals surface area contributed by atoms with E-state index in [1.165, 1.54) is 26.4 Å². The zero-order valence-electron chi connectivity index (χ0n) is 14.2. The first kappa shape index (κ1) is 17.6. The number of carbonyl (C=O) groups is 1. The Labute approximate surface area is 155 Å². The van der Waals surface area contributed by atoms with Gasteiger partial charge in [0.1, 0.15) is 12.7 Å². The zero-order valence-corrected chi connectivity index (χ0v) is 14.9. The second-order valence-corrected chi connectivity index (χ2v) is 5.81. The molecule has 0 unspecified atom stereocenters. The maximum Gasteiger partial charge on any atom is 0.338 e. The van der Waals surface area contributed by atoms with Crippen molar-refractivity contribution in [3.63, 3.8) is 0 Å². The minimum atomic E-state index is -0.577. The largest absolute Gasteiger partial charge is 0.493 e. The zero-order chi connectivity index (χ0) is 18.7. The first-order valence-corrected chi connectivity index (χ1v) is 8.04. The minimum absolute atomic E-state index is 0.0324. The normalized spacial score (nSPS) is 10.4. The second-order valence-electron chi connectivity index (χ2n) is 5.40. The van der Waals surface area contributed by atoms with Gasteiger partial charge >= 0.3 is 5.97 Å². The molecule has 3 aromatic rings. The number of aromatic nitrogens is 1. The number of hydrogen-bond donors (Lipinski definition) is 0. The van der Waals surface area contributed by atoms with Crippen molar-refractivity contribution < 1.29 is 19.0 Å². The van der Waals surface area contributed by atoms with Gasteiger partial charge in [-0.25, -0.2) is 4.79 Å². The van der Waals surface area contributed by atoms with Crippen molar-refractivity contribution in [2.75, 3.05) is 14.2 Å². The average molecular weight is 371 g/mol. The fraction of sp³-hybridized carbons (Fsp3) is 0.158. The molecule has 0 N–H and O–H groups in total. The summed E-state index contributed by atoms with van der Waals surface area (Å²) in [6.07, 6.45) is 3.60. The van der Waals surface area contributed by atoms with Crippen LogP contribution in [-0.4, -0.2) is 24.6 Å². The van der Waals surface area contributed by atoms with Crippen LogP contribution in [0.3, 0.4) is 0 Å². The lowest BCUT2D eigenvalue weighted by Crippen LogP contribution is -2.06. The molecule has 26 heavy (non-hydrogen) atoms. The summed E-state index contributed by atoms with van der Waals surface area (Å²) in [5.74, 6) is 0.0995. The summed E-state index contributed by atoms with van der Waals surface area (Å²) < 4.78 is 17.5. The van der Waals surface area contributed by atoms with Gasteiger partial charge in [-0.2, -0.15) is 5.26 Å². The van der Waals surface area contributed by atoms with Gasteiger partial charge < -0.3 is 18.6 Å². The summed E-state index contributed by atoms with van der Waals surface area (Å²) in [6, 6.07) is 10.6. The molecule has 0 spiro atoms. The molecule has 7 heteroatoms. The fourth-order valence-electron chi connectivity index (χ4n) is 2.68. The molecule has 0 bridgehead atoms. The minimum Gasteiger partial charge on any atom is -0.493 e. The summed E-state index contributed by atoms with van der Waals surface area (Å²) in [5, 5.41) is 9.64. The van der Waals surface area contributed by atoms with Crippen LogP contribution in [0.15, 0.2) is 42.7 Å². The number of benzene rings is 1. The van der Waals surface area contributed by atoms with E-state index in [0.717, 1.165) is 5.52 Å². The molecule has 2 aromatic heterocycles. The topological polar surface area (TPSA) is 73.0 Å². The summed E-state index contributed by atoms with van der Waals surface area (Å²) in [6.45, 7) is -0.0324. The first-order chi connectivity index (χ1) is 12.6. The van der Waals surface area contributed by atoms with Gasteiger partial charge in [0.05, 0.1) is 35.9 Å². The quantitative estimate of drug-likeness (QED) is 0.638. The van der Waals surface area contributed by atoms with Crippen LogP contribution in [0, 0.1) is 11.3 Å². The molecular weight excluding hydrogens is 356 g/mol. The molecule has 0 amide bonds. The van der Waals surface area contributed by atoms with E-state index in [2.05, 4.69) is 6.07 Å². The predicted octanol–water partition coefficient (Wildman–Crippen LogP) is 3.84. The van der Waals surface area contributed by atoms with Crippen molar-refractivity contribution in [1.29, 1.82) is 5.26 Å². The Hall–Kier alpha value is -3.17. The lowest BCUT2D eigenvalue weighted by molar-refractivity contribution is 0.0472. The van der Waals surface area contributed by atoms with Crippen LogP contribution in [0.2, 0.25) is 5.02 Å². The van der Waals surface area contributed by atoms with Crippen molar-refractivity contribution in [1.82, 2.24) is 4.40 Å². The van der Waals surface area contributed by atoms with Crippen LogP contribution in [0.25, 0.3) is 5.52 Å². The molecule has 132 valence electrons. The van der Waals surface area contributed by atoms with Gasteiger partial charge in [-0.1, -0.05) is 17.7 Å². The number of pyridine rings is 1. The molecule has 0 radical (unpaired) electrons. The number of methoxy groups -OCH3 is 2. The number of nitriles is 1. The number of ether oxygens (including phenoxy) is 3. The number of nitrogens with zero attached hydrogens (tertiary/aromatic N) is 2. The van der Waals surface area contributed by atoms with E-state index < -0.39 is 5.97 Å². The SMILES string of the molecule is COc1cc(C(=O)OCc2cn3ccccc3c2C#N)cc(Cl)c1OC. The van der Waals surface area contributed by atoms with Crippen LogP contribution in [-0.2, 0) is 11.3 Å². The third kappa shape index (κ3) is 3.17. The van der Waals surface area contributed by atoms with Gasteiger partial charge in [0, 0.05) is 18.0 Å². The Morgan fingerprint density at radius 1 is 1.27 bits per heavy atom. The van der Waals surface area contributed by atoms with E-state index in [-0.39, 0.29) is 17.2 Å². The lowest BCUT2D eigenvalue weighted by atomic mass is 10.2. The summed E-state index contributed by atoms with van der Waals surface area (Å²) >= 11 is 6.12. The number of halogens is 1. The Morgan fingerprint density at radius 3 is 2.77 bits per heavy atom. The molecule has 0 saturated carbocycles. The van der Waals surface area contributed by atoms with E-state index in [1.54, 1.807) is 6.20 Å². The maximum atomic E-state index is 12.4. The van der Waals surface area contributed by atoms with Gasteiger partial charge in [-0.05, 0) is 24.3 Å². The molecular formula is C19H15ClN2O4. The summed E-state index contributed by atoms with van der Waals surface area (Å²) in [5.41, 5.74) is 2.09. The molecule has 0 atom stereocenters.